The Labute approximate surface area is 263 Å². The van der Waals surface area contributed by atoms with Gasteiger partial charge in [-0.3, -0.25) is 4.79 Å². The summed E-state index contributed by atoms with van der Waals surface area (Å²) in [5.41, 5.74) is 1.59. The monoisotopic (exact) mass is 622 g/mol. The molecule has 0 aromatic heterocycles. The van der Waals surface area contributed by atoms with E-state index in [4.69, 9.17) is 28.4 Å². The van der Waals surface area contributed by atoms with Crippen LogP contribution in [0.2, 0.25) is 0 Å². The highest BCUT2D eigenvalue weighted by molar-refractivity contribution is 5.91. The van der Waals surface area contributed by atoms with Gasteiger partial charge in [0.25, 0.3) is 0 Å². The maximum Gasteiger partial charge on any atom is 0.338 e. The van der Waals surface area contributed by atoms with Gasteiger partial charge in [-0.25, -0.2) is 4.79 Å². The molecular formula is C35H42O10. The molecule has 45 heavy (non-hydrogen) atoms. The van der Waals surface area contributed by atoms with Crippen molar-refractivity contribution in [2.24, 2.45) is 11.8 Å². The molecule has 242 valence electrons. The van der Waals surface area contributed by atoms with Crippen LogP contribution in [0.1, 0.15) is 80.1 Å². The maximum absolute atomic E-state index is 13.6. The SMILES string of the molecule is CCCCCC(=O)O[C@H]1c2cc(O)c(OC)c(OC)c2-c2c(cc(OC)c(OC)c2O)[C@H](OC(=O)c2ccccc2)[C@H](C)[C@H]1C. The largest absolute Gasteiger partial charge is 0.504 e. The van der Waals surface area contributed by atoms with Crippen LogP contribution in [-0.2, 0) is 14.3 Å². The number of unbranched alkanes of at least 4 members (excludes halogenated alkanes) is 2. The lowest BCUT2D eigenvalue weighted by molar-refractivity contribution is -0.154. The van der Waals surface area contributed by atoms with Crippen molar-refractivity contribution in [2.75, 3.05) is 28.4 Å². The molecular weight excluding hydrogens is 580 g/mol. The Morgan fingerprint density at radius 1 is 0.733 bits per heavy atom. The van der Waals surface area contributed by atoms with Crippen LogP contribution >= 0.6 is 0 Å². The number of esters is 2. The molecule has 0 saturated carbocycles. The van der Waals surface area contributed by atoms with Gasteiger partial charge in [0, 0.05) is 40.5 Å². The predicted octanol–water partition coefficient (Wildman–Crippen LogP) is 7.15. The standard InChI is InChI=1S/C35H42O10/c1-8-9-11-16-26(37)44-30-19(2)20(3)31(45-35(39)21-14-12-10-13-15-21)23-18-25(40-4)33(42-6)29(38)27(23)28-22(30)17-24(36)32(41-5)34(28)43-7/h10,12-15,17-20,30-31,36,38H,8-9,11,16H2,1-7H3/t19-,20-,30-,31-/m1/s1. The van der Waals surface area contributed by atoms with Gasteiger partial charge >= 0.3 is 11.9 Å². The minimum Gasteiger partial charge on any atom is -0.504 e. The lowest BCUT2D eigenvalue weighted by Crippen LogP contribution is -2.31. The average molecular weight is 623 g/mol. The van der Waals surface area contributed by atoms with Gasteiger partial charge in [-0.2, -0.15) is 0 Å². The van der Waals surface area contributed by atoms with Crippen molar-refractivity contribution >= 4 is 11.9 Å². The molecule has 0 spiro atoms. The van der Waals surface area contributed by atoms with Gasteiger partial charge in [-0.05, 0) is 30.7 Å². The molecule has 4 atom stereocenters. The molecule has 0 radical (unpaired) electrons. The van der Waals surface area contributed by atoms with Crippen LogP contribution in [0.5, 0.6) is 34.5 Å². The molecule has 3 aromatic carbocycles. The van der Waals surface area contributed by atoms with Crippen LogP contribution in [0.3, 0.4) is 0 Å². The normalized spacial score (nSPS) is 18.8. The zero-order chi connectivity index (χ0) is 32.8. The topological polar surface area (TPSA) is 130 Å². The van der Waals surface area contributed by atoms with Gasteiger partial charge in [-0.1, -0.05) is 51.8 Å². The number of phenols is 2. The fourth-order valence-corrected chi connectivity index (χ4v) is 5.94. The fourth-order valence-electron chi connectivity index (χ4n) is 5.94. The quantitative estimate of drug-likeness (QED) is 0.168. The van der Waals surface area contributed by atoms with Crippen LogP contribution < -0.4 is 18.9 Å². The van der Waals surface area contributed by atoms with Crippen molar-refractivity contribution in [3.05, 3.63) is 59.2 Å². The minimum absolute atomic E-state index is 0.00325. The summed E-state index contributed by atoms with van der Waals surface area (Å²) in [7, 11) is 5.61. The number of phenolic OH excluding ortho intramolecular Hbond substituents is 2. The second kappa shape index (κ2) is 14.5. The molecule has 10 nitrogen and oxygen atoms in total. The zero-order valence-electron chi connectivity index (χ0n) is 26.8. The van der Waals surface area contributed by atoms with E-state index in [0.29, 0.717) is 23.1 Å². The highest BCUT2D eigenvalue weighted by atomic mass is 16.6. The third-order valence-corrected chi connectivity index (χ3v) is 8.46. The number of carbonyl (C=O) groups excluding carboxylic acids is 2. The molecule has 0 bridgehead atoms. The van der Waals surface area contributed by atoms with E-state index < -0.39 is 36.0 Å². The summed E-state index contributed by atoms with van der Waals surface area (Å²) in [5.74, 6) is -2.18. The molecule has 3 aromatic rings. The molecule has 10 heteroatoms. The maximum atomic E-state index is 13.6. The van der Waals surface area contributed by atoms with Crippen molar-refractivity contribution in [3.8, 4) is 45.6 Å². The Kier molecular flexibility index (Phi) is 10.7. The zero-order valence-corrected chi connectivity index (χ0v) is 26.8. The number of fused-ring (bicyclic) bond motifs is 3. The Balaban J connectivity index is 2.08. The van der Waals surface area contributed by atoms with Crippen molar-refractivity contribution in [2.45, 2.75) is 58.7 Å². The summed E-state index contributed by atoms with van der Waals surface area (Å²) in [4.78, 5) is 26.8. The Morgan fingerprint density at radius 2 is 1.33 bits per heavy atom. The van der Waals surface area contributed by atoms with Crippen molar-refractivity contribution in [3.63, 3.8) is 0 Å². The molecule has 0 saturated heterocycles. The van der Waals surface area contributed by atoms with E-state index in [-0.39, 0.29) is 52.0 Å². The first-order chi connectivity index (χ1) is 21.6. The van der Waals surface area contributed by atoms with E-state index in [0.717, 1.165) is 12.8 Å². The van der Waals surface area contributed by atoms with Gasteiger partial charge in [0.1, 0.15) is 12.2 Å². The van der Waals surface area contributed by atoms with E-state index in [1.807, 2.05) is 20.8 Å². The van der Waals surface area contributed by atoms with E-state index in [1.165, 1.54) is 34.5 Å². The number of hydrogen-bond acceptors (Lipinski definition) is 10. The van der Waals surface area contributed by atoms with Gasteiger partial charge in [0.15, 0.2) is 23.0 Å². The molecule has 0 amide bonds. The Bertz CT molecular complexity index is 1520. The van der Waals surface area contributed by atoms with Gasteiger partial charge in [0.05, 0.1) is 34.0 Å². The molecule has 1 aliphatic rings. The summed E-state index contributed by atoms with van der Waals surface area (Å²) >= 11 is 0. The van der Waals surface area contributed by atoms with Gasteiger partial charge < -0.3 is 38.6 Å². The van der Waals surface area contributed by atoms with Crippen LogP contribution in [0.25, 0.3) is 11.1 Å². The summed E-state index contributed by atoms with van der Waals surface area (Å²) in [6.45, 7) is 5.82. The van der Waals surface area contributed by atoms with E-state index in [9.17, 15) is 19.8 Å². The third kappa shape index (κ3) is 6.45. The molecule has 2 N–H and O–H groups in total. The molecule has 0 fully saturated rings. The van der Waals surface area contributed by atoms with Gasteiger partial charge in [-0.15, -0.1) is 0 Å². The molecule has 4 rings (SSSR count). The van der Waals surface area contributed by atoms with E-state index in [2.05, 4.69) is 0 Å². The number of methoxy groups -OCH3 is 4. The molecule has 0 unspecified atom stereocenters. The second-order valence-electron chi connectivity index (χ2n) is 11.1. The number of rotatable bonds is 11. The lowest BCUT2D eigenvalue weighted by atomic mass is 9.74. The highest BCUT2D eigenvalue weighted by Gasteiger charge is 2.44. The Hall–Kier alpha value is -4.60. The fraction of sp³-hybridized carbons (Fsp3) is 0.429. The predicted molar refractivity (Wildman–Crippen MR) is 167 cm³/mol. The van der Waals surface area contributed by atoms with E-state index >= 15 is 0 Å². The number of hydrogen-bond donors (Lipinski definition) is 2. The van der Waals surface area contributed by atoms with Crippen LogP contribution in [0.15, 0.2) is 42.5 Å². The van der Waals surface area contributed by atoms with Crippen molar-refractivity contribution in [1.82, 2.24) is 0 Å². The summed E-state index contributed by atoms with van der Waals surface area (Å²) in [5, 5.41) is 23.0. The first-order valence-electron chi connectivity index (χ1n) is 15.0. The highest BCUT2D eigenvalue weighted by Crippen LogP contribution is 2.59. The molecule has 1 aliphatic carbocycles. The summed E-state index contributed by atoms with van der Waals surface area (Å²) in [6.07, 6.45) is 0.774. The minimum atomic E-state index is -0.965. The summed E-state index contributed by atoms with van der Waals surface area (Å²) < 4.78 is 34.9. The van der Waals surface area contributed by atoms with Gasteiger partial charge in [0.2, 0.25) is 11.5 Å². The number of aromatic hydroxyl groups is 2. The van der Waals surface area contributed by atoms with Crippen molar-refractivity contribution in [1.29, 1.82) is 0 Å². The average Bonchev–Trinajstić information content (AvgIpc) is 3.04. The van der Waals surface area contributed by atoms with Crippen molar-refractivity contribution < 1.29 is 48.2 Å². The van der Waals surface area contributed by atoms with Crippen LogP contribution in [-0.4, -0.2) is 50.6 Å². The third-order valence-electron chi connectivity index (χ3n) is 8.46. The lowest BCUT2D eigenvalue weighted by Gasteiger charge is -2.38. The summed E-state index contributed by atoms with van der Waals surface area (Å²) in [6, 6.07) is 11.7. The first kappa shape index (κ1) is 33.3. The van der Waals surface area contributed by atoms with Crippen LogP contribution in [0, 0.1) is 11.8 Å². The first-order valence-corrected chi connectivity index (χ1v) is 15.0. The number of carbonyl (C=O) groups is 2. The van der Waals surface area contributed by atoms with Crippen LogP contribution in [0.4, 0.5) is 0 Å². The Morgan fingerprint density at radius 3 is 1.91 bits per heavy atom. The number of benzene rings is 3. The van der Waals surface area contributed by atoms with E-state index in [1.54, 1.807) is 36.4 Å². The smallest absolute Gasteiger partial charge is 0.338 e. The number of ether oxygens (including phenoxy) is 6. The molecule has 0 aliphatic heterocycles. The molecule has 0 heterocycles. The second-order valence-corrected chi connectivity index (χ2v) is 11.1.